The number of carbonyl (C=O) groups is 2. The number of fused-ring (bicyclic) bond motifs is 1. The predicted molar refractivity (Wildman–Crippen MR) is 111 cm³/mol. The molecule has 4 rings (SSSR count). The molecule has 1 aromatic carbocycles. The summed E-state index contributed by atoms with van der Waals surface area (Å²) in [6, 6.07) is 4.22. The Labute approximate surface area is 168 Å². The summed E-state index contributed by atoms with van der Waals surface area (Å²) in [5.41, 5.74) is 4.58. The fourth-order valence-corrected chi connectivity index (χ4v) is 3.81. The minimum absolute atomic E-state index is 0.0673. The van der Waals surface area contributed by atoms with Gasteiger partial charge in [0.2, 0.25) is 5.91 Å². The minimum Gasteiger partial charge on any atom is -0.357 e. The Kier molecular flexibility index (Phi) is 5.21. The molecule has 1 fully saturated rings. The average molecular weight is 397 g/mol. The molecule has 2 aliphatic rings. The molecule has 8 heteroatoms. The number of anilines is 2. The maximum absolute atomic E-state index is 13.7. The number of amides is 2. The van der Waals surface area contributed by atoms with E-state index in [9.17, 15) is 14.0 Å². The molecular formula is C21H24FN5O2. The highest BCUT2D eigenvalue weighted by atomic mass is 19.1. The third kappa shape index (κ3) is 3.94. The molecule has 7 nitrogen and oxygen atoms in total. The summed E-state index contributed by atoms with van der Waals surface area (Å²) in [7, 11) is 0. The Bertz CT molecular complexity index is 1000. The number of aryl methyl sites for hydroxylation is 1. The van der Waals surface area contributed by atoms with Crippen LogP contribution in [0.15, 0.2) is 18.2 Å². The van der Waals surface area contributed by atoms with Gasteiger partial charge in [-0.05, 0) is 43.7 Å². The van der Waals surface area contributed by atoms with Crippen molar-refractivity contribution in [3.63, 3.8) is 0 Å². The van der Waals surface area contributed by atoms with Gasteiger partial charge in [-0.3, -0.25) is 14.5 Å². The highest BCUT2D eigenvalue weighted by Crippen LogP contribution is 2.35. The molecule has 0 aliphatic carbocycles. The Balaban J connectivity index is 1.56. The van der Waals surface area contributed by atoms with Gasteiger partial charge in [-0.15, -0.1) is 0 Å². The maximum atomic E-state index is 13.7. The largest absolute Gasteiger partial charge is 0.357 e. The number of aromatic amines is 1. The topological polar surface area (TPSA) is 89.3 Å². The number of rotatable bonds is 4. The van der Waals surface area contributed by atoms with Crippen molar-refractivity contribution in [2.24, 2.45) is 0 Å². The molecule has 3 heterocycles. The first kappa shape index (κ1) is 19.4. The van der Waals surface area contributed by atoms with E-state index < -0.39 is 5.82 Å². The van der Waals surface area contributed by atoms with Gasteiger partial charge in [0.05, 0.1) is 17.8 Å². The number of hydrogen-bond donors (Lipinski definition) is 4. The summed E-state index contributed by atoms with van der Waals surface area (Å²) in [6.07, 6.45) is 1.70. The number of nitrogens with zero attached hydrogens (tertiary/aromatic N) is 1. The molecule has 2 aromatic rings. The number of piperazine rings is 1. The quantitative estimate of drug-likeness (QED) is 0.595. The smallest absolute Gasteiger partial charge is 0.256 e. The second kappa shape index (κ2) is 7.81. The number of nitrogens with one attached hydrogen (secondary N) is 4. The molecule has 0 unspecified atom stereocenters. The van der Waals surface area contributed by atoms with Crippen LogP contribution in [-0.4, -0.2) is 54.4 Å². The fourth-order valence-electron chi connectivity index (χ4n) is 3.81. The summed E-state index contributed by atoms with van der Waals surface area (Å²) in [5, 5.41) is 9.00. The van der Waals surface area contributed by atoms with E-state index in [2.05, 4.69) is 25.8 Å². The van der Waals surface area contributed by atoms with Crippen molar-refractivity contribution < 1.29 is 14.0 Å². The number of halogens is 1. The van der Waals surface area contributed by atoms with E-state index in [-0.39, 0.29) is 11.8 Å². The molecule has 2 aliphatic heterocycles. The van der Waals surface area contributed by atoms with Crippen molar-refractivity contribution in [3.8, 4) is 0 Å². The zero-order valence-electron chi connectivity index (χ0n) is 16.5. The Hall–Kier alpha value is -2.97. The molecule has 29 heavy (non-hydrogen) atoms. The summed E-state index contributed by atoms with van der Waals surface area (Å²) in [6.45, 7) is 7.57. The number of benzene rings is 1. The molecule has 4 N–H and O–H groups in total. The van der Waals surface area contributed by atoms with Gasteiger partial charge in [0.1, 0.15) is 5.82 Å². The van der Waals surface area contributed by atoms with E-state index in [4.69, 9.17) is 0 Å². The van der Waals surface area contributed by atoms with Crippen LogP contribution in [0.3, 0.4) is 0 Å². The van der Waals surface area contributed by atoms with E-state index >= 15 is 0 Å². The highest BCUT2D eigenvalue weighted by Gasteiger charge is 2.25. The molecule has 1 saturated heterocycles. The molecule has 0 bridgehead atoms. The van der Waals surface area contributed by atoms with Crippen LogP contribution >= 0.6 is 0 Å². The van der Waals surface area contributed by atoms with Gasteiger partial charge in [0, 0.05) is 48.8 Å². The highest BCUT2D eigenvalue weighted by molar-refractivity contribution is 6.34. The number of aromatic nitrogens is 1. The fraction of sp³-hybridized carbons (Fsp3) is 0.333. The van der Waals surface area contributed by atoms with Crippen molar-refractivity contribution in [2.45, 2.75) is 13.8 Å². The second-order valence-corrected chi connectivity index (χ2v) is 7.44. The van der Waals surface area contributed by atoms with Crippen molar-refractivity contribution in [2.75, 3.05) is 43.4 Å². The summed E-state index contributed by atoms with van der Waals surface area (Å²) >= 11 is 0. The lowest BCUT2D eigenvalue weighted by molar-refractivity contribution is -0.117. The van der Waals surface area contributed by atoms with Gasteiger partial charge in [0.25, 0.3) is 5.91 Å². The number of carbonyl (C=O) groups excluding carboxylic acids is 2. The van der Waals surface area contributed by atoms with Crippen LogP contribution in [0.5, 0.6) is 0 Å². The Morgan fingerprint density at radius 2 is 2.03 bits per heavy atom. The summed E-state index contributed by atoms with van der Waals surface area (Å²) in [4.78, 5) is 30.2. The van der Waals surface area contributed by atoms with Crippen LogP contribution in [-0.2, 0) is 9.59 Å². The normalized spacial score (nSPS) is 18.0. The predicted octanol–water partition coefficient (Wildman–Crippen LogP) is 2.11. The van der Waals surface area contributed by atoms with Crippen molar-refractivity contribution >= 4 is 34.8 Å². The van der Waals surface area contributed by atoms with Crippen molar-refractivity contribution in [1.82, 2.24) is 15.2 Å². The summed E-state index contributed by atoms with van der Waals surface area (Å²) < 4.78 is 13.7. The van der Waals surface area contributed by atoms with Gasteiger partial charge in [-0.2, -0.15) is 0 Å². The zero-order valence-corrected chi connectivity index (χ0v) is 16.5. The number of hydrogen-bond acceptors (Lipinski definition) is 4. The molecule has 0 spiro atoms. The summed E-state index contributed by atoms with van der Waals surface area (Å²) in [5.74, 6) is -0.740. The van der Waals surface area contributed by atoms with Gasteiger partial charge in [-0.1, -0.05) is 0 Å². The van der Waals surface area contributed by atoms with Crippen LogP contribution in [0.25, 0.3) is 11.6 Å². The molecular weight excluding hydrogens is 373 g/mol. The van der Waals surface area contributed by atoms with Crippen molar-refractivity contribution in [3.05, 3.63) is 46.5 Å². The molecule has 0 atom stereocenters. The maximum Gasteiger partial charge on any atom is 0.256 e. The van der Waals surface area contributed by atoms with Crippen LogP contribution in [0.1, 0.15) is 22.5 Å². The van der Waals surface area contributed by atoms with E-state index in [0.717, 1.165) is 43.1 Å². The molecule has 1 aromatic heterocycles. The van der Waals surface area contributed by atoms with Crippen LogP contribution in [0, 0.1) is 19.7 Å². The zero-order chi connectivity index (χ0) is 20.5. The van der Waals surface area contributed by atoms with Crippen LogP contribution < -0.4 is 16.0 Å². The molecule has 0 saturated carbocycles. The minimum atomic E-state index is -0.397. The number of H-pyrrole nitrogens is 1. The lowest BCUT2D eigenvalue weighted by Gasteiger charge is -2.26. The third-order valence-electron chi connectivity index (χ3n) is 5.37. The van der Waals surface area contributed by atoms with E-state index in [1.54, 1.807) is 12.1 Å². The Morgan fingerprint density at radius 1 is 1.28 bits per heavy atom. The molecule has 0 radical (unpaired) electrons. The lowest BCUT2D eigenvalue weighted by atomic mass is 10.0. The first-order valence-corrected chi connectivity index (χ1v) is 9.67. The first-order chi connectivity index (χ1) is 13.9. The van der Waals surface area contributed by atoms with Gasteiger partial charge in [0.15, 0.2) is 0 Å². The second-order valence-electron chi connectivity index (χ2n) is 7.44. The van der Waals surface area contributed by atoms with Gasteiger partial charge >= 0.3 is 0 Å². The monoisotopic (exact) mass is 397 g/mol. The van der Waals surface area contributed by atoms with Crippen LogP contribution in [0.2, 0.25) is 0 Å². The van der Waals surface area contributed by atoms with Gasteiger partial charge < -0.3 is 20.9 Å². The van der Waals surface area contributed by atoms with Crippen molar-refractivity contribution in [1.29, 1.82) is 0 Å². The Morgan fingerprint density at radius 3 is 2.79 bits per heavy atom. The molecule has 152 valence electrons. The SMILES string of the molecule is Cc1[nH]c(/C=C2\C(=O)Nc3ccc(F)cc32)c(C)c1NC(=O)CN1CCNCC1. The van der Waals surface area contributed by atoms with Crippen LogP contribution in [0.4, 0.5) is 15.8 Å². The average Bonchev–Trinajstić information content (AvgIpc) is 3.13. The van der Waals surface area contributed by atoms with E-state index in [0.29, 0.717) is 29.1 Å². The lowest BCUT2D eigenvalue weighted by Crippen LogP contribution is -2.46. The van der Waals surface area contributed by atoms with E-state index in [1.165, 1.54) is 12.1 Å². The van der Waals surface area contributed by atoms with Gasteiger partial charge in [-0.25, -0.2) is 4.39 Å². The van der Waals surface area contributed by atoms with E-state index in [1.807, 2.05) is 13.8 Å². The molecule has 2 amide bonds. The first-order valence-electron chi connectivity index (χ1n) is 9.67. The standard InChI is InChI=1S/C21H24FN5O2/c1-12-18(10-16-15-9-14(22)3-4-17(15)25-21(16)29)24-13(2)20(12)26-19(28)11-27-7-5-23-6-8-27/h3-4,9-10,23-24H,5-8,11H2,1-2H3,(H,25,29)(H,26,28)/b16-10-. The third-order valence-corrected chi connectivity index (χ3v) is 5.37.